The Morgan fingerprint density at radius 1 is 1.29 bits per heavy atom. The van der Waals surface area contributed by atoms with Gasteiger partial charge in [0, 0.05) is 17.3 Å². The van der Waals surface area contributed by atoms with Crippen molar-refractivity contribution in [3.05, 3.63) is 35.1 Å². The van der Waals surface area contributed by atoms with E-state index in [0.29, 0.717) is 11.8 Å². The SMILES string of the molecule is CC(C)[C@H](CO)Nc1nc(Nc2ccc3[nH]ncc3c2)ncc1Br. The quantitative estimate of drug-likeness (QED) is 0.515. The standard InChI is InChI=1S/C16H19BrN6O/c1-9(2)14(8-24)21-15-12(17)7-18-16(22-15)20-11-3-4-13-10(5-11)6-19-23-13/h3-7,9,14,24H,8H2,1-2H3,(H,19,23)(H2,18,20,21,22)/t14-/m0/s1. The van der Waals surface area contributed by atoms with Crippen LogP contribution in [0.4, 0.5) is 17.5 Å². The maximum atomic E-state index is 9.49. The lowest BCUT2D eigenvalue weighted by atomic mass is 10.1. The third kappa shape index (κ3) is 3.65. The molecule has 0 unspecified atom stereocenters. The largest absolute Gasteiger partial charge is 0.394 e. The molecule has 2 heterocycles. The molecule has 24 heavy (non-hydrogen) atoms. The Morgan fingerprint density at radius 2 is 2.12 bits per heavy atom. The van der Waals surface area contributed by atoms with Crippen LogP contribution >= 0.6 is 15.9 Å². The molecule has 3 aromatic rings. The van der Waals surface area contributed by atoms with Crippen molar-refractivity contribution in [3.63, 3.8) is 0 Å². The van der Waals surface area contributed by atoms with Gasteiger partial charge in [0.1, 0.15) is 5.82 Å². The zero-order valence-electron chi connectivity index (χ0n) is 13.4. The molecular formula is C16H19BrN6O. The molecule has 1 atom stereocenters. The van der Waals surface area contributed by atoms with E-state index in [2.05, 4.69) is 46.7 Å². The second-order valence-electron chi connectivity index (χ2n) is 5.86. The zero-order valence-corrected chi connectivity index (χ0v) is 15.0. The summed E-state index contributed by atoms with van der Waals surface area (Å²) in [6.07, 6.45) is 3.45. The van der Waals surface area contributed by atoms with Gasteiger partial charge in [0.15, 0.2) is 0 Å². The summed E-state index contributed by atoms with van der Waals surface area (Å²) in [6.45, 7) is 4.12. The van der Waals surface area contributed by atoms with Crippen molar-refractivity contribution < 1.29 is 5.11 Å². The number of rotatable bonds is 6. The smallest absolute Gasteiger partial charge is 0.229 e. The average molecular weight is 391 g/mol. The van der Waals surface area contributed by atoms with Gasteiger partial charge in [-0.1, -0.05) is 13.8 Å². The van der Waals surface area contributed by atoms with Crippen molar-refractivity contribution in [1.29, 1.82) is 0 Å². The van der Waals surface area contributed by atoms with E-state index in [1.165, 1.54) is 0 Å². The Labute approximate surface area is 148 Å². The molecule has 1 aromatic carbocycles. The number of aliphatic hydroxyl groups is 1. The van der Waals surface area contributed by atoms with Crippen LogP contribution in [-0.2, 0) is 0 Å². The van der Waals surface area contributed by atoms with Crippen molar-refractivity contribution in [2.75, 3.05) is 17.2 Å². The molecule has 0 saturated carbocycles. The third-order valence-electron chi connectivity index (χ3n) is 3.76. The third-order valence-corrected chi connectivity index (χ3v) is 4.34. The number of aromatic amines is 1. The van der Waals surface area contributed by atoms with Gasteiger partial charge in [0.2, 0.25) is 5.95 Å². The monoisotopic (exact) mass is 390 g/mol. The minimum atomic E-state index is -0.0775. The highest BCUT2D eigenvalue weighted by atomic mass is 79.9. The lowest BCUT2D eigenvalue weighted by Gasteiger charge is -2.21. The van der Waals surface area contributed by atoms with Crippen molar-refractivity contribution >= 4 is 44.3 Å². The molecular weight excluding hydrogens is 372 g/mol. The van der Waals surface area contributed by atoms with Crippen LogP contribution < -0.4 is 10.6 Å². The molecule has 0 aliphatic carbocycles. The fourth-order valence-corrected chi connectivity index (χ4v) is 2.58. The first-order valence-electron chi connectivity index (χ1n) is 7.67. The maximum absolute atomic E-state index is 9.49. The summed E-state index contributed by atoms with van der Waals surface area (Å²) in [5.74, 6) is 1.39. The number of halogens is 1. The Balaban J connectivity index is 1.82. The highest BCUT2D eigenvalue weighted by molar-refractivity contribution is 9.10. The zero-order chi connectivity index (χ0) is 17.1. The van der Waals surface area contributed by atoms with Crippen LogP contribution in [-0.4, -0.2) is 37.9 Å². The first kappa shape index (κ1) is 16.7. The number of fused-ring (bicyclic) bond motifs is 1. The van der Waals surface area contributed by atoms with Gasteiger partial charge in [0.05, 0.1) is 28.8 Å². The van der Waals surface area contributed by atoms with Gasteiger partial charge >= 0.3 is 0 Å². The molecule has 0 aliphatic rings. The van der Waals surface area contributed by atoms with Gasteiger partial charge in [-0.25, -0.2) is 4.98 Å². The number of nitrogens with one attached hydrogen (secondary N) is 3. The number of hydrogen-bond acceptors (Lipinski definition) is 6. The maximum Gasteiger partial charge on any atom is 0.229 e. The van der Waals surface area contributed by atoms with Crippen LogP contribution in [0.3, 0.4) is 0 Å². The van der Waals surface area contributed by atoms with E-state index in [9.17, 15) is 5.11 Å². The Hall–Kier alpha value is -2.19. The van der Waals surface area contributed by atoms with Crippen molar-refractivity contribution in [1.82, 2.24) is 20.2 Å². The molecule has 2 aromatic heterocycles. The molecule has 0 aliphatic heterocycles. The molecule has 126 valence electrons. The second-order valence-corrected chi connectivity index (χ2v) is 6.72. The van der Waals surface area contributed by atoms with Gasteiger partial charge in [-0.3, -0.25) is 5.10 Å². The number of anilines is 3. The van der Waals surface area contributed by atoms with Crippen LogP contribution in [0.2, 0.25) is 0 Å². The molecule has 0 spiro atoms. The summed E-state index contributed by atoms with van der Waals surface area (Å²) in [7, 11) is 0. The summed E-state index contributed by atoms with van der Waals surface area (Å²) in [5, 5.41) is 23.9. The van der Waals surface area contributed by atoms with Crippen molar-refractivity contribution in [2.24, 2.45) is 5.92 Å². The van der Waals surface area contributed by atoms with Gasteiger partial charge in [-0.15, -0.1) is 0 Å². The summed E-state index contributed by atoms with van der Waals surface area (Å²) in [4.78, 5) is 8.78. The van der Waals surface area contributed by atoms with Crippen molar-refractivity contribution in [3.8, 4) is 0 Å². The van der Waals surface area contributed by atoms with Gasteiger partial charge in [0.25, 0.3) is 0 Å². The van der Waals surface area contributed by atoms with Crippen LogP contribution in [0.1, 0.15) is 13.8 Å². The van der Waals surface area contributed by atoms with Gasteiger partial charge in [-0.2, -0.15) is 10.1 Å². The minimum Gasteiger partial charge on any atom is -0.394 e. The normalized spacial score (nSPS) is 12.5. The topological polar surface area (TPSA) is 98.8 Å². The van der Waals surface area contributed by atoms with Gasteiger partial charge in [-0.05, 0) is 40.0 Å². The first-order chi connectivity index (χ1) is 11.6. The number of hydrogen-bond donors (Lipinski definition) is 4. The summed E-state index contributed by atoms with van der Waals surface area (Å²) < 4.78 is 0.748. The van der Waals surface area contributed by atoms with E-state index in [4.69, 9.17) is 0 Å². The Kier molecular flexibility index (Phi) is 4.96. The highest BCUT2D eigenvalue weighted by Gasteiger charge is 2.15. The minimum absolute atomic E-state index is 0.0357. The molecule has 0 bridgehead atoms. The fourth-order valence-electron chi connectivity index (χ4n) is 2.28. The summed E-state index contributed by atoms with van der Waals surface area (Å²) in [6, 6.07) is 5.78. The number of aromatic nitrogens is 4. The van der Waals surface area contributed by atoms with Gasteiger partial charge < -0.3 is 15.7 Å². The Morgan fingerprint density at radius 3 is 2.88 bits per heavy atom. The molecule has 0 saturated heterocycles. The molecule has 0 amide bonds. The van der Waals surface area contributed by atoms with Crippen molar-refractivity contribution in [2.45, 2.75) is 19.9 Å². The van der Waals surface area contributed by atoms with E-state index in [1.807, 2.05) is 32.0 Å². The van der Waals surface area contributed by atoms with Crippen LogP contribution in [0, 0.1) is 5.92 Å². The molecule has 7 nitrogen and oxygen atoms in total. The Bertz CT molecular complexity index is 834. The number of H-pyrrole nitrogens is 1. The predicted molar refractivity (Wildman–Crippen MR) is 98.4 cm³/mol. The predicted octanol–water partition coefficient (Wildman–Crippen LogP) is 3.29. The van der Waals surface area contributed by atoms with E-state index >= 15 is 0 Å². The average Bonchev–Trinajstić information content (AvgIpc) is 3.02. The second kappa shape index (κ2) is 7.14. The number of nitrogens with zero attached hydrogens (tertiary/aromatic N) is 3. The van der Waals surface area contributed by atoms with Crippen LogP contribution in [0.25, 0.3) is 10.9 Å². The first-order valence-corrected chi connectivity index (χ1v) is 8.46. The molecule has 0 fully saturated rings. The van der Waals surface area contributed by atoms with E-state index in [1.54, 1.807) is 12.4 Å². The number of benzene rings is 1. The number of aliphatic hydroxyl groups excluding tert-OH is 1. The van der Waals surface area contributed by atoms with E-state index in [0.717, 1.165) is 21.1 Å². The fraction of sp³-hybridized carbons (Fsp3) is 0.312. The molecule has 3 rings (SSSR count). The highest BCUT2D eigenvalue weighted by Crippen LogP contribution is 2.24. The summed E-state index contributed by atoms with van der Waals surface area (Å²) >= 11 is 3.44. The molecule has 0 radical (unpaired) electrons. The van der Waals surface area contributed by atoms with E-state index < -0.39 is 0 Å². The lowest BCUT2D eigenvalue weighted by Crippen LogP contribution is -2.30. The van der Waals surface area contributed by atoms with Crippen LogP contribution in [0.5, 0.6) is 0 Å². The van der Waals surface area contributed by atoms with E-state index in [-0.39, 0.29) is 18.6 Å². The lowest BCUT2D eigenvalue weighted by molar-refractivity contribution is 0.249. The molecule has 4 N–H and O–H groups in total. The molecule has 8 heteroatoms. The van der Waals surface area contributed by atoms with Crippen LogP contribution in [0.15, 0.2) is 35.1 Å². The summed E-state index contributed by atoms with van der Waals surface area (Å²) in [5.41, 5.74) is 1.85.